The van der Waals surface area contributed by atoms with Crippen molar-refractivity contribution in [1.82, 2.24) is 25.1 Å². The number of aromatic amines is 1. The number of nitrogens with zero attached hydrogens (tertiary/aromatic N) is 4. The van der Waals surface area contributed by atoms with Gasteiger partial charge in [-0.05, 0) is 26.2 Å². The standard InChI is InChI=1S/C23H26F4N6O3/c1-10(24)6-13(26)18(27)11(2)15-7-12(25)8-33(15)23(36)19-17-21(28-9-29-22(17)32-31-19)30-14-4-3-5-16(34)20(14)35/h6,9,12,14-16,20,34-35H,2-5,7-8H2,1H3,(H2,28,29,30,31,32)/b10-6+,18-13-/t12-,14+,15+,16+,20-/m0/s1. The first-order valence-corrected chi connectivity index (χ1v) is 11.4. The van der Waals surface area contributed by atoms with E-state index >= 15 is 0 Å². The summed E-state index contributed by atoms with van der Waals surface area (Å²) in [6, 6.07) is -1.80. The molecule has 1 amide bonds. The minimum Gasteiger partial charge on any atom is -0.390 e. The van der Waals surface area contributed by atoms with Crippen LogP contribution in [0.1, 0.15) is 43.1 Å². The normalized spacial score (nSPS) is 27.8. The summed E-state index contributed by atoms with van der Waals surface area (Å²) in [6.45, 7) is 3.99. The molecular formula is C23H26F4N6O3. The van der Waals surface area contributed by atoms with Crippen LogP contribution in [0.5, 0.6) is 0 Å². The van der Waals surface area contributed by atoms with E-state index < -0.39 is 66.0 Å². The molecule has 3 heterocycles. The van der Waals surface area contributed by atoms with Crippen molar-refractivity contribution in [2.24, 2.45) is 0 Å². The molecule has 1 saturated heterocycles. The molecule has 0 radical (unpaired) electrons. The predicted molar refractivity (Wildman–Crippen MR) is 123 cm³/mol. The summed E-state index contributed by atoms with van der Waals surface area (Å²) in [5, 5.41) is 30.1. The number of halogens is 4. The van der Waals surface area contributed by atoms with Crippen LogP contribution in [0.3, 0.4) is 0 Å². The Morgan fingerprint density at radius 3 is 2.75 bits per heavy atom. The molecule has 194 valence electrons. The van der Waals surface area contributed by atoms with Crippen molar-refractivity contribution in [3.63, 3.8) is 0 Å². The molecule has 2 aliphatic rings. The van der Waals surface area contributed by atoms with Gasteiger partial charge in [-0.25, -0.2) is 27.5 Å². The molecular weight excluding hydrogens is 484 g/mol. The number of amides is 1. The first-order valence-electron chi connectivity index (χ1n) is 11.4. The van der Waals surface area contributed by atoms with Gasteiger partial charge in [0.25, 0.3) is 5.91 Å². The van der Waals surface area contributed by atoms with Crippen LogP contribution in [0.4, 0.5) is 23.4 Å². The molecule has 0 aromatic carbocycles. The number of likely N-dealkylation sites (tertiary alicyclic amines) is 1. The Hall–Kier alpha value is -3.32. The summed E-state index contributed by atoms with van der Waals surface area (Å²) in [5.41, 5.74) is -0.531. The number of aliphatic hydroxyl groups excluding tert-OH is 2. The average molecular weight is 510 g/mol. The van der Waals surface area contributed by atoms with E-state index in [0.29, 0.717) is 25.3 Å². The smallest absolute Gasteiger partial charge is 0.275 e. The van der Waals surface area contributed by atoms with Crippen LogP contribution < -0.4 is 5.32 Å². The monoisotopic (exact) mass is 510 g/mol. The molecule has 0 spiro atoms. The molecule has 1 aliphatic heterocycles. The lowest BCUT2D eigenvalue weighted by atomic mass is 9.90. The Bertz CT molecular complexity index is 1230. The van der Waals surface area contributed by atoms with Crippen LogP contribution in [0.25, 0.3) is 11.0 Å². The van der Waals surface area contributed by atoms with Crippen molar-refractivity contribution in [3.8, 4) is 0 Å². The fourth-order valence-electron chi connectivity index (χ4n) is 4.63. The lowest BCUT2D eigenvalue weighted by Crippen LogP contribution is -2.45. The van der Waals surface area contributed by atoms with E-state index in [9.17, 15) is 32.6 Å². The quantitative estimate of drug-likeness (QED) is 0.347. The topological polar surface area (TPSA) is 127 Å². The van der Waals surface area contributed by atoms with Gasteiger partial charge in [0.2, 0.25) is 0 Å². The van der Waals surface area contributed by atoms with E-state index in [2.05, 4.69) is 32.1 Å². The van der Waals surface area contributed by atoms with Crippen molar-refractivity contribution < 1.29 is 32.6 Å². The summed E-state index contributed by atoms with van der Waals surface area (Å²) in [5.74, 6) is -4.63. The molecule has 0 bridgehead atoms. The van der Waals surface area contributed by atoms with Crippen LogP contribution in [-0.2, 0) is 0 Å². The van der Waals surface area contributed by atoms with Crippen molar-refractivity contribution in [2.45, 2.75) is 63.1 Å². The molecule has 13 heteroatoms. The fraction of sp³-hybridized carbons (Fsp3) is 0.478. The Labute approximate surface area is 203 Å². The van der Waals surface area contributed by atoms with E-state index in [1.54, 1.807) is 0 Å². The summed E-state index contributed by atoms with van der Waals surface area (Å²) in [4.78, 5) is 22.7. The van der Waals surface area contributed by atoms with Crippen molar-refractivity contribution in [2.75, 3.05) is 11.9 Å². The van der Waals surface area contributed by atoms with E-state index in [0.717, 1.165) is 11.8 Å². The third kappa shape index (κ3) is 4.98. The number of allylic oxidation sites excluding steroid dienone is 3. The Morgan fingerprint density at radius 2 is 2.03 bits per heavy atom. The molecule has 2 aromatic heterocycles. The molecule has 2 aromatic rings. The van der Waals surface area contributed by atoms with Crippen LogP contribution in [0.2, 0.25) is 0 Å². The number of aliphatic hydroxyl groups is 2. The number of hydrogen-bond donors (Lipinski definition) is 4. The molecule has 36 heavy (non-hydrogen) atoms. The van der Waals surface area contributed by atoms with Gasteiger partial charge in [-0.2, -0.15) is 5.10 Å². The van der Waals surface area contributed by atoms with Gasteiger partial charge in [-0.15, -0.1) is 0 Å². The molecule has 9 nitrogen and oxygen atoms in total. The zero-order valence-electron chi connectivity index (χ0n) is 19.4. The van der Waals surface area contributed by atoms with Gasteiger partial charge in [0.1, 0.15) is 18.3 Å². The molecule has 4 rings (SSSR count). The van der Waals surface area contributed by atoms with Crippen molar-refractivity contribution in [3.05, 3.63) is 47.7 Å². The molecule has 2 fully saturated rings. The molecule has 0 unspecified atom stereocenters. The van der Waals surface area contributed by atoms with Gasteiger partial charge in [-0.1, -0.05) is 6.58 Å². The molecule has 4 N–H and O–H groups in total. The third-order valence-electron chi connectivity index (χ3n) is 6.43. The number of hydrogen-bond acceptors (Lipinski definition) is 7. The van der Waals surface area contributed by atoms with Gasteiger partial charge in [0, 0.05) is 18.1 Å². The number of fused-ring (bicyclic) bond motifs is 1. The van der Waals surface area contributed by atoms with Crippen molar-refractivity contribution in [1.29, 1.82) is 0 Å². The van der Waals surface area contributed by atoms with Crippen LogP contribution in [-0.4, -0.2) is 78.2 Å². The molecule has 5 atom stereocenters. The van der Waals surface area contributed by atoms with E-state index in [1.807, 2.05) is 0 Å². The Balaban J connectivity index is 1.66. The molecule has 1 saturated carbocycles. The third-order valence-corrected chi connectivity index (χ3v) is 6.43. The average Bonchev–Trinajstić information content (AvgIpc) is 3.44. The van der Waals surface area contributed by atoms with Gasteiger partial charge in [0.05, 0.1) is 42.0 Å². The SMILES string of the molecule is C=C(/C(F)=C(F)\C=C(/C)F)[C@H]1C[C@H](F)CN1C(=O)c1n[nH]c2ncnc(N[C@@H]3CCC[C@@H](O)[C@H]3O)c12. The summed E-state index contributed by atoms with van der Waals surface area (Å²) >= 11 is 0. The van der Waals surface area contributed by atoms with Gasteiger partial charge >= 0.3 is 0 Å². The Morgan fingerprint density at radius 1 is 1.28 bits per heavy atom. The largest absolute Gasteiger partial charge is 0.390 e. The summed E-state index contributed by atoms with van der Waals surface area (Å²) in [6.07, 6.45) is -0.675. The number of anilines is 1. The molecule has 1 aliphatic carbocycles. The van der Waals surface area contributed by atoms with Crippen LogP contribution >= 0.6 is 0 Å². The highest BCUT2D eigenvalue weighted by Gasteiger charge is 2.41. The van der Waals surface area contributed by atoms with Crippen LogP contribution in [0, 0.1) is 0 Å². The van der Waals surface area contributed by atoms with Gasteiger partial charge in [-0.3, -0.25) is 9.89 Å². The predicted octanol–water partition coefficient (Wildman–Crippen LogP) is 3.17. The second kappa shape index (κ2) is 10.3. The second-order valence-corrected chi connectivity index (χ2v) is 8.98. The van der Waals surface area contributed by atoms with Crippen LogP contribution in [0.15, 0.2) is 42.0 Å². The number of rotatable bonds is 6. The fourth-order valence-corrected chi connectivity index (χ4v) is 4.63. The lowest BCUT2D eigenvalue weighted by Gasteiger charge is -2.32. The highest BCUT2D eigenvalue weighted by molar-refractivity contribution is 6.08. The number of H-pyrrole nitrogens is 1. The Kier molecular flexibility index (Phi) is 7.41. The zero-order valence-corrected chi connectivity index (χ0v) is 19.4. The van der Waals surface area contributed by atoms with Gasteiger partial charge in [0.15, 0.2) is 23.0 Å². The van der Waals surface area contributed by atoms with E-state index in [1.165, 1.54) is 6.33 Å². The maximum atomic E-state index is 14.6. The number of alkyl halides is 1. The first-order chi connectivity index (χ1) is 17.1. The lowest BCUT2D eigenvalue weighted by molar-refractivity contribution is -0.0161. The number of carbonyl (C=O) groups is 1. The minimum absolute atomic E-state index is 0.152. The number of aromatic nitrogens is 4. The first kappa shape index (κ1) is 25.8. The zero-order chi connectivity index (χ0) is 26.1. The minimum atomic E-state index is -1.54. The van der Waals surface area contributed by atoms with Crippen molar-refractivity contribution >= 4 is 22.8 Å². The number of nitrogens with one attached hydrogen (secondary N) is 2. The highest BCUT2D eigenvalue weighted by Crippen LogP contribution is 2.34. The second-order valence-electron chi connectivity index (χ2n) is 8.98. The maximum absolute atomic E-state index is 14.6. The highest BCUT2D eigenvalue weighted by atomic mass is 19.2. The summed E-state index contributed by atoms with van der Waals surface area (Å²) in [7, 11) is 0. The maximum Gasteiger partial charge on any atom is 0.275 e. The van der Waals surface area contributed by atoms with E-state index in [4.69, 9.17) is 0 Å². The van der Waals surface area contributed by atoms with Gasteiger partial charge < -0.3 is 20.4 Å². The summed E-state index contributed by atoms with van der Waals surface area (Å²) < 4.78 is 56.0. The number of carbonyl (C=O) groups excluding carboxylic acids is 1. The van der Waals surface area contributed by atoms with E-state index in [-0.39, 0.29) is 29.0 Å².